The third kappa shape index (κ3) is 4.17. The molecule has 172 valence electrons. The first-order valence-corrected chi connectivity index (χ1v) is 13.3. The number of ether oxygens (including phenoxy) is 1. The number of hydrogen-bond acceptors (Lipinski definition) is 8. The van der Waals surface area contributed by atoms with Gasteiger partial charge in [0.15, 0.2) is 0 Å². The predicted molar refractivity (Wildman–Crippen MR) is 119 cm³/mol. The molecule has 0 saturated carbocycles. The van der Waals surface area contributed by atoms with Gasteiger partial charge in [-0.15, -0.1) is 0 Å². The number of aromatic nitrogens is 1. The van der Waals surface area contributed by atoms with Gasteiger partial charge < -0.3 is 9.64 Å². The zero-order chi connectivity index (χ0) is 22.9. The van der Waals surface area contributed by atoms with Crippen molar-refractivity contribution in [1.29, 1.82) is 0 Å². The van der Waals surface area contributed by atoms with E-state index in [4.69, 9.17) is 4.74 Å². The van der Waals surface area contributed by atoms with E-state index in [-0.39, 0.29) is 48.2 Å². The van der Waals surface area contributed by atoms with Crippen molar-refractivity contribution >= 4 is 37.5 Å². The fourth-order valence-corrected chi connectivity index (χ4v) is 6.83. The first-order valence-electron chi connectivity index (χ1n) is 10.2. The fraction of sp³-hybridized carbons (Fsp3) is 0.400. The highest BCUT2D eigenvalue weighted by Gasteiger charge is 2.38. The van der Waals surface area contributed by atoms with Crippen LogP contribution in [0.1, 0.15) is 13.3 Å². The normalized spacial score (nSPS) is 19.3. The molecule has 2 aliphatic rings. The highest BCUT2D eigenvalue weighted by atomic mass is 32.2. The summed E-state index contributed by atoms with van der Waals surface area (Å²) in [6, 6.07) is 9.57. The SMILES string of the molecule is CCOc1ccc(N2C(=O)CCS2(=O)=O)cc1S(=O)(=O)N1CCN(c2ccccn2)CC1. The zero-order valence-corrected chi connectivity index (χ0v) is 19.2. The fourth-order valence-electron chi connectivity index (χ4n) is 3.81. The molecule has 0 radical (unpaired) electrons. The van der Waals surface area contributed by atoms with Gasteiger partial charge in [0, 0.05) is 38.8 Å². The molecule has 2 aromatic rings. The topological polar surface area (TPSA) is 117 Å². The summed E-state index contributed by atoms with van der Waals surface area (Å²) in [6.45, 7) is 3.34. The molecule has 0 unspecified atom stereocenters. The molecule has 12 heteroatoms. The number of amides is 1. The molecule has 1 amide bonds. The maximum atomic E-state index is 13.5. The first kappa shape index (κ1) is 22.5. The van der Waals surface area contributed by atoms with Crippen LogP contribution in [0.3, 0.4) is 0 Å². The number of anilines is 2. The van der Waals surface area contributed by atoms with E-state index in [9.17, 15) is 21.6 Å². The van der Waals surface area contributed by atoms with Crippen LogP contribution in [-0.4, -0.2) is 70.6 Å². The summed E-state index contributed by atoms with van der Waals surface area (Å²) < 4.78 is 59.2. The molecule has 2 aliphatic heterocycles. The summed E-state index contributed by atoms with van der Waals surface area (Å²) >= 11 is 0. The van der Waals surface area contributed by atoms with Crippen molar-refractivity contribution in [3.05, 3.63) is 42.6 Å². The van der Waals surface area contributed by atoms with Crippen LogP contribution in [0.4, 0.5) is 11.5 Å². The monoisotopic (exact) mass is 480 g/mol. The van der Waals surface area contributed by atoms with Gasteiger partial charge >= 0.3 is 0 Å². The minimum Gasteiger partial charge on any atom is -0.492 e. The lowest BCUT2D eigenvalue weighted by molar-refractivity contribution is -0.116. The van der Waals surface area contributed by atoms with Crippen LogP contribution in [0.15, 0.2) is 47.5 Å². The van der Waals surface area contributed by atoms with Crippen molar-refractivity contribution in [3.8, 4) is 5.75 Å². The number of sulfonamides is 2. The quantitative estimate of drug-likeness (QED) is 0.602. The van der Waals surface area contributed by atoms with Gasteiger partial charge in [0.25, 0.3) is 0 Å². The Labute approximate surface area is 187 Å². The molecule has 0 aliphatic carbocycles. The van der Waals surface area contributed by atoms with Crippen molar-refractivity contribution in [2.45, 2.75) is 18.2 Å². The highest BCUT2D eigenvalue weighted by molar-refractivity contribution is 7.94. The number of carbonyl (C=O) groups is 1. The second-order valence-corrected chi connectivity index (χ2v) is 11.2. The van der Waals surface area contributed by atoms with Crippen molar-refractivity contribution in [2.75, 3.05) is 47.7 Å². The van der Waals surface area contributed by atoms with E-state index >= 15 is 0 Å². The van der Waals surface area contributed by atoms with Crippen molar-refractivity contribution in [3.63, 3.8) is 0 Å². The molecule has 2 saturated heterocycles. The molecule has 1 aromatic carbocycles. The highest BCUT2D eigenvalue weighted by Crippen LogP contribution is 2.34. The summed E-state index contributed by atoms with van der Waals surface area (Å²) in [4.78, 5) is 18.3. The number of rotatable bonds is 6. The average Bonchev–Trinajstić information content (AvgIpc) is 3.07. The van der Waals surface area contributed by atoms with Crippen LogP contribution in [0.5, 0.6) is 5.75 Å². The molecular weight excluding hydrogens is 456 g/mol. The summed E-state index contributed by atoms with van der Waals surface area (Å²) in [7, 11) is -7.82. The van der Waals surface area contributed by atoms with Crippen LogP contribution >= 0.6 is 0 Å². The van der Waals surface area contributed by atoms with Crippen molar-refractivity contribution < 1.29 is 26.4 Å². The summed E-state index contributed by atoms with van der Waals surface area (Å²) in [5, 5.41) is 0. The Balaban J connectivity index is 1.64. The van der Waals surface area contributed by atoms with Gasteiger partial charge in [-0.3, -0.25) is 4.79 Å². The van der Waals surface area contributed by atoms with Crippen LogP contribution in [0, 0.1) is 0 Å². The van der Waals surface area contributed by atoms with Gasteiger partial charge in [-0.05, 0) is 37.3 Å². The number of piperazine rings is 1. The van der Waals surface area contributed by atoms with Crippen LogP contribution in [-0.2, 0) is 24.8 Å². The lowest BCUT2D eigenvalue weighted by atomic mass is 10.3. The predicted octanol–water partition coefficient (Wildman–Crippen LogP) is 1.06. The summed E-state index contributed by atoms with van der Waals surface area (Å²) in [5.74, 6) is 0.0182. The second-order valence-electron chi connectivity index (χ2n) is 7.37. The molecule has 3 heterocycles. The second kappa shape index (κ2) is 8.68. The minimum atomic E-state index is -4.00. The molecule has 10 nitrogen and oxygen atoms in total. The molecule has 32 heavy (non-hydrogen) atoms. The first-order chi connectivity index (χ1) is 15.2. The van der Waals surface area contributed by atoms with E-state index in [1.54, 1.807) is 13.1 Å². The molecule has 4 rings (SSSR count). The van der Waals surface area contributed by atoms with Gasteiger partial charge in [-0.2, -0.15) is 4.31 Å². The number of carbonyl (C=O) groups excluding carboxylic acids is 1. The van der Waals surface area contributed by atoms with Gasteiger partial charge in [0.05, 0.1) is 18.0 Å². The molecule has 0 spiro atoms. The Kier molecular flexibility index (Phi) is 6.10. The molecule has 0 bridgehead atoms. The van der Waals surface area contributed by atoms with E-state index in [1.807, 2.05) is 23.1 Å². The smallest absolute Gasteiger partial charge is 0.246 e. The number of pyridine rings is 1. The van der Waals surface area contributed by atoms with Crippen LogP contribution < -0.4 is 13.9 Å². The lowest BCUT2D eigenvalue weighted by Gasteiger charge is -2.35. The van der Waals surface area contributed by atoms with Gasteiger partial charge in [-0.1, -0.05) is 6.07 Å². The average molecular weight is 481 g/mol. The standard InChI is InChI=1S/C20H24N4O6S2/c1-2-30-17-7-6-16(24-20(25)8-14-31(24,26)27)15-18(17)32(28,29)23-12-10-22(11-13-23)19-5-3-4-9-21-19/h3-7,9,15H,2,8,10-14H2,1H3. The van der Waals surface area contributed by atoms with Gasteiger partial charge in [0.1, 0.15) is 16.5 Å². The van der Waals surface area contributed by atoms with E-state index in [1.165, 1.54) is 22.5 Å². The van der Waals surface area contributed by atoms with E-state index in [0.717, 1.165) is 5.82 Å². The van der Waals surface area contributed by atoms with Gasteiger partial charge in [-0.25, -0.2) is 26.1 Å². The van der Waals surface area contributed by atoms with Crippen LogP contribution in [0.25, 0.3) is 0 Å². The molecule has 0 atom stereocenters. The Bertz CT molecular complexity index is 1210. The summed E-state index contributed by atoms with van der Waals surface area (Å²) in [5.41, 5.74) is 0.00153. The summed E-state index contributed by atoms with van der Waals surface area (Å²) in [6.07, 6.45) is 1.55. The molecule has 2 fully saturated rings. The van der Waals surface area contributed by atoms with Crippen molar-refractivity contribution in [1.82, 2.24) is 9.29 Å². The lowest BCUT2D eigenvalue weighted by Crippen LogP contribution is -2.49. The van der Waals surface area contributed by atoms with E-state index in [2.05, 4.69) is 4.98 Å². The Morgan fingerprint density at radius 2 is 1.84 bits per heavy atom. The largest absolute Gasteiger partial charge is 0.492 e. The third-order valence-electron chi connectivity index (χ3n) is 5.37. The maximum absolute atomic E-state index is 13.5. The Hall–Kier alpha value is -2.70. The Morgan fingerprint density at radius 1 is 1.09 bits per heavy atom. The Morgan fingerprint density at radius 3 is 2.44 bits per heavy atom. The zero-order valence-electron chi connectivity index (χ0n) is 17.5. The number of benzene rings is 1. The number of hydrogen-bond donors (Lipinski definition) is 0. The minimum absolute atomic E-state index is 0.00153. The molecule has 0 N–H and O–H groups in total. The van der Waals surface area contributed by atoms with E-state index in [0.29, 0.717) is 17.4 Å². The van der Waals surface area contributed by atoms with Crippen LogP contribution in [0.2, 0.25) is 0 Å². The van der Waals surface area contributed by atoms with Crippen molar-refractivity contribution in [2.24, 2.45) is 0 Å². The maximum Gasteiger partial charge on any atom is 0.246 e. The molecule has 1 aromatic heterocycles. The van der Waals surface area contributed by atoms with E-state index < -0.39 is 26.0 Å². The number of nitrogens with zero attached hydrogens (tertiary/aromatic N) is 4. The van der Waals surface area contributed by atoms with Gasteiger partial charge in [0.2, 0.25) is 26.0 Å². The molecular formula is C20H24N4O6S2. The third-order valence-corrected chi connectivity index (χ3v) is 8.98.